The van der Waals surface area contributed by atoms with Crippen LogP contribution in [0.2, 0.25) is 0 Å². The fourth-order valence-electron chi connectivity index (χ4n) is 2.28. The van der Waals surface area contributed by atoms with E-state index in [9.17, 15) is 14.4 Å². The summed E-state index contributed by atoms with van der Waals surface area (Å²) in [7, 11) is 1.61. The number of carboxylic acid groups (broad SMARTS) is 1. The van der Waals surface area contributed by atoms with E-state index in [1.165, 1.54) is 0 Å². The van der Waals surface area contributed by atoms with Gasteiger partial charge in [-0.3, -0.25) is 14.4 Å². The van der Waals surface area contributed by atoms with Crippen LogP contribution in [0.25, 0.3) is 0 Å². The number of likely N-dealkylation sites (tertiary alicyclic amines) is 1. The van der Waals surface area contributed by atoms with E-state index >= 15 is 0 Å². The molecular formula is C13H22N2O4. The third-order valence-corrected chi connectivity index (χ3v) is 3.95. The molecule has 1 fully saturated rings. The molecule has 0 saturated carbocycles. The molecule has 0 aromatic heterocycles. The number of carboxylic acids is 1. The average Bonchev–Trinajstić information content (AvgIpc) is 2.44. The van der Waals surface area contributed by atoms with Crippen LogP contribution in [0.5, 0.6) is 0 Å². The van der Waals surface area contributed by atoms with Crippen LogP contribution < -0.4 is 5.32 Å². The Hall–Kier alpha value is -1.59. The Morgan fingerprint density at radius 2 is 1.68 bits per heavy atom. The first-order chi connectivity index (χ1) is 8.88. The number of nitrogens with one attached hydrogen (secondary N) is 1. The van der Waals surface area contributed by atoms with E-state index < -0.39 is 17.8 Å². The minimum atomic E-state index is -0.957. The van der Waals surface area contributed by atoms with Crippen molar-refractivity contribution in [3.8, 4) is 0 Å². The van der Waals surface area contributed by atoms with Gasteiger partial charge in [0.15, 0.2) is 0 Å². The van der Waals surface area contributed by atoms with E-state index in [-0.39, 0.29) is 17.7 Å². The third-order valence-electron chi connectivity index (χ3n) is 3.95. The maximum atomic E-state index is 12.2. The fraction of sp³-hybridized carbons (Fsp3) is 0.769. The number of carbonyl (C=O) groups is 3. The van der Waals surface area contributed by atoms with Crippen LogP contribution in [-0.2, 0) is 14.4 Å². The molecule has 19 heavy (non-hydrogen) atoms. The smallest absolute Gasteiger partial charge is 0.307 e. The summed E-state index contributed by atoms with van der Waals surface area (Å²) in [6, 6.07) is 0. The number of hydrogen-bond acceptors (Lipinski definition) is 3. The number of aliphatic carboxylic acids is 1. The molecule has 6 heteroatoms. The molecule has 2 N–H and O–H groups in total. The predicted octanol–water partition coefficient (Wildman–Crippen LogP) is 0.328. The summed E-state index contributed by atoms with van der Waals surface area (Å²) in [4.78, 5) is 36.2. The molecule has 2 amide bonds. The highest BCUT2D eigenvalue weighted by molar-refractivity contribution is 5.84. The van der Waals surface area contributed by atoms with Gasteiger partial charge in [0.05, 0.1) is 5.92 Å². The molecule has 108 valence electrons. The maximum absolute atomic E-state index is 12.2. The highest BCUT2D eigenvalue weighted by atomic mass is 16.4. The summed E-state index contributed by atoms with van der Waals surface area (Å²) in [5.41, 5.74) is 0. The number of nitrogens with zero attached hydrogens (tertiary/aromatic N) is 1. The lowest BCUT2D eigenvalue weighted by atomic mass is 9.91. The van der Waals surface area contributed by atoms with Crippen LogP contribution in [0.3, 0.4) is 0 Å². The molecule has 1 saturated heterocycles. The minimum absolute atomic E-state index is 0.0130. The quantitative estimate of drug-likeness (QED) is 0.770. The lowest BCUT2D eigenvalue weighted by Gasteiger charge is -2.33. The lowest BCUT2D eigenvalue weighted by molar-refractivity contribution is -0.149. The second kappa shape index (κ2) is 6.54. The van der Waals surface area contributed by atoms with Gasteiger partial charge in [0.2, 0.25) is 11.8 Å². The molecule has 6 nitrogen and oxygen atoms in total. The van der Waals surface area contributed by atoms with Gasteiger partial charge in [0.25, 0.3) is 0 Å². The Bertz CT molecular complexity index is 362. The van der Waals surface area contributed by atoms with Crippen LogP contribution in [-0.4, -0.2) is 47.9 Å². The van der Waals surface area contributed by atoms with Crippen molar-refractivity contribution >= 4 is 17.8 Å². The van der Waals surface area contributed by atoms with Crippen LogP contribution in [0.4, 0.5) is 0 Å². The zero-order valence-corrected chi connectivity index (χ0v) is 11.7. The van der Waals surface area contributed by atoms with E-state index in [1.807, 2.05) is 0 Å². The number of piperidine rings is 1. The first-order valence-electron chi connectivity index (χ1n) is 6.61. The van der Waals surface area contributed by atoms with Gasteiger partial charge in [0.1, 0.15) is 0 Å². The van der Waals surface area contributed by atoms with Crippen LogP contribution in [0, 0.1) is 17.8 Å². The van der Waals surface area contributed by atoms with Gasteiger partial charge in [-0.25, -0.2) is 0 Å². The molecule has 1 rings (SSSR count). The van der Waals surface area contributed by atoms with Gasteiger partial charge in [-0.05, 0) is 12.8 Å². The van der Waals surface area contributed by atoms with Crippen LogP contribution in [0.15, 0.2) is 0 Å². The van der Waals surface area contributed by atoms with Crippen molar-refractivity contribution in [2.24, 2.45) is 17.8 Å². The van der Waals surface area contributed by atoms with Crippen molar-refractivity contribution in [1.29, 1.82) is 0 Å². The molecule has 0 bridgehead atoms. The first-order valence-corrected chi connectivity index (χ1v) is 6.61. The van der Waals surface area contributed by atoms with Crippen molar-refractivity contribution < 1.29 is 19.5 Å². The van der Waals surface area contributed by atoms with Crippen molar-refractivity contribution in [3.63, 3.8) is 0 Å². The van der Waals surface area contributed by atoms with Crippen molar-refractivity contribution in [3.05, 3.63) is 0 Å². The second-order valence-electron chi connectivity index (χ2n) is 5.13. The Kier molecular flexibility index (Phi) is 5.32. The van der Waals surface area contributed by atoms with E-state index in [0.717, 1.165) is 0 Å². The molecule has 2 unspecified atom stereocenters. The standard InChI is InChI=1S/C13H22N2O4/c1-8(9(2)13(18)19)12(17)15-6-4-10(5-7-15)11(16)14-3/h8-10H,4-7H2,1-3H3,(H,14,16)(H,18,19). The molecule has 1 heterocycles. The van der Waals surface area contributed by atoms with Gasteiger partial charge in [0, 0.05) is 32.0 Å². The summed E-state index contributed by atoms with van der Waals surface area (Å²) in [6.45, 7) is 4.23. The highest BCUT2D eigenvalue weighted by Gasteiger charge is 2.32. The Labute approximate surface area is 113 Å². The van der Waals surface area contributed by atoms with Gasteiger partial charge in [-0.2, -0.15) is 0 Å². The molecule has 0 spiro atoms. The van der Waals surface area contributed by atoms with E-state index in [1.54, 1.807) is 25.8 Å². The van der Waals surface area contributed by atoms with E-state index in [0.29, 0.717) is 25.9 Å². The molecule has 1 aliphatic rings. The number of amides is 2. The Morgan fingerprint density at radius 3 is 2.11 bits per heavy atom. The van der Waals surface area contributed by atoms with E-state index in [2.05, 4.69) is 5.32 Å². The zero-order valence-electron chi connectivity index (χ0n) is 11.7. The molecule has 0 aromatic rings. The van der Waals surface area contributed by atoms with Crippen LogP contribution in [0.1, 0.15) is 26.7 Å². The second-order valence-corrected chi connectivity index (χ2v) is 5.13. The Morgan fingerprint density at radius 1 is 1.16 bits per heavy atom. The normalized spacial score (nSPS) is 19.6. The molecule has 1 aliphatic heterocycles. The average molecular weight is 270 g/mol. The zero-order chi connectivity index (χ0) is 14.6. The number of carbonyl (C=O) groups excluding carboxylic acids is 2. The van der Waals surface area contributed by atoms with E-state index in [4.69, 9.17) is 5.11 Å². The monoisotopic (exact) mass is 270 g/mol. The Balaban J connectivity index is 2.53. The third kappa shape index (κ3) is 3.68. The highest BCUT2D eigenvalue weighted by Crippen LogP contribution is 2.21. The van der Waals surface area contributed by atoms with Crippen molar-refractivity contribution in [2.75, 3.05) is 20.1 Å². The molecule has 0 aliphatic carbocycles. The summed E-state index contributed by atoms with van der Waals surface area (Å²) >= 11 is 0. The van der Waals surface area contributed by atoms with Crippen molar-refractivity contribution in [2.45, 2.75) is 26.7 Å². The lowest BCUT2D eigenvalue weighted by Crippen LogP contribution is -2.45. The molecule has 2 atom stereocenters. The first kappa shape index (κ1) is 15.5. The number of hydrogen-bond donors (Lipinski definition) is 2. The maximum Gasteiger partial charge on any atom is 0.307 e. The van der Waals surface area contributed by atoms with Crippen LogP contribution >= 0.6 is 0 Å². The van der Waals surface area contributed by atoms with Gasteiger partial charge >= 0.3 is 5.97 Å². The molecule has 0 aromatic carbocycles. The summed E-state index contributed by atoms with van der Waals surface area (Å²) < 4.78 is 0. The summed E-state index contributed by atoms with van der Waals surface area (Å²) in [5, 5.41) is 11.5. The van der Waals surface area contributed by atoms with Gasteiger partial charge in [-0.15, -0.1) is 0 Å². The van der Waals surface area contributed by atoms with Crippen molar-refractivity contribution in [1.82, 2.24) is 10.2 Å². The van der Waals surface area contributed by atoms with Gasteiger partial charge in [-0.1, -0.05) is 13.8 Å². The topological polar surface area (TPSA) is 86.7 Å². The van der Waals surface area contributed by atoms with Gasteiger partial charge < -0.3 is 15.3 Å². The summed E-state index contributed by atoms with van der Waals surface area (Å²) in [5.74, 6) is -2.34. The number of rotatable bonds is 4. The molecular weight excluding hydrogens is 248 g/mol. The minimum Gasteiger partial charge on any atom is -0.481 e. The summed E-state index contributed by atoms with van der Waals surface area (Å²) in [6.07, 6.45) is 1.28. The predicted molar refractivity (Wildman–Crippen MR) is 69.3 cm³/mol. The largest absolute Gasteiger partial charge is 0.481 e. The fourth-order valence-corrected chi connectivity index (χ4v) is 2.28. The molecule has 0 radical (unpaired) electrons. The SMILES string of the molecule is CNC(=O)C1CCN(C(=O)C(C)C(C)C(=O)O)CC1.